The summed E-state index contributed by atoms with van der Waals surface area (Å²) in [5, 5.41) is 12.4. The van der Waals surface area contributed by atoms with E-state index in [0.29, 0.717) is 0 Å². The molecule has 0 spiro atoms. The normalized spacial score (nSPS) is 11.7. The monoisotopic (exact) mass is 762 g/mol. The van der Waals surface area contributed by atoms with Crippen LogP contribution in [0.4, 0.5) is 17.1 Å². The third kappa shape index (κ3) is 5.35. The molecule has 0 saturated heterocycles. The number of fused-ring (bicyclic) bond motifs is 7. The summed E-state index contributed by atoms with van der Waals surface area (Å²) < 4.78 is 2.42. The van der Waals surface area contributed by atoms with Gasteiger partial charge in [0.1, 0.15) is 0 Å². The first-order valence-corrected chi connectivity index (χ1v) is 20.7. The van der Waals surface area contributed by atoms with Gasteiger partial charge in [-0.15, -0.1) is 0 Å². The Bertz CT molecular complexity index is 3450. The molecule has 0 aliphatic rings. The molecular weight excluding hydrogens is 725 g/mol. The quantitative estimate of drug-likeness (QED) is 0.153. The van der Waals surface area contributed by atoms with Crippen LogP contribution in [-0.2, 0) is 0 Å². The van der Waals surface area contributed by atoms with Gasteiger partial charge in [-0.25, -0.2) is 0 Å². The Labute approximate surface area is 348 Å². The van der Waals surface area contributed by atoms with Crippen LogP contribution in [0.1, 0.15) is 0 Å². The Balaban J connectivity index is 1.04. The molecule has 11 aromatic carbocycles. The fraction of sp³-hybridized carbons (Fsp3) is 0. The van der Waals surface area contributed by atoms with Crippen molar-refractivity contribution in [2.75, 3.05) is 4.90 Å². The van der Waals surface area contributed by atoms with Crippen molar-refractivity contribution in [1.29, 1.82) is 0 Å². The molecule has 0 amide bonds. The van der Waals surface area contributed by atoms with Gasteiger partial charge < -0.3 is 9.47 Å². The molecule has 1 aromatic heterocycles. The van der Waals surface area contributed by atoms with E-state index in [1.54, 1.807) is 0 Å². The third-order valence-electron chi connectivity index (χ3n) is 12.3. The molecule has 1 heterocycles. The number of hydrogen-bond acceptors (Lipinski definition) is 1. The Morgan fingerprint density at radius 3 is 1.32 bits per heavy atom. The van der Waals surface area contributed by atoms with Crippen molar-refractivity contribution < 1.29 is 0 Å². The Morgan fingerprint density at radius 2 is 0.733 bits per heavy atom. The van der Waals surface area contributed by atoms with E-state index in [4.69, 9.17) is 0 Å². The Hall–Kier alpha value is -7.94. The van der Waals surface area contributed by atoms with Crippen molar-refractivity contribution in [1.82, 2.24) is 4.57 Å². The molecule has 0 aliphatic heterocycles. The molecule has 0 N–H and O–H groups in total. The molecule has 2 heteroatoms. The van der Waals surface area contributed by atoms with E-state index in [0.717, 1.165) is 22.7 Å². The van der Waals surface area contributed by atoms with Gasteiger partial charge in [0.2, 0.25) is 0 Å². The molecule has 0 bridgehead atoms. The van der Waals surface area contributed by atoms with Crippen molar-refractivity contribution >= 4 is 82.0 Å². The highest BCUT2D eigenvalue weighted by atomic mass is 15.1. The van der Waals surface area contributed by atoms with Gasteiger partial charge in [-0.2, -0.15) is 0 Å². The van der Waals surface area contributed by atoms with Gasteiger partial charge in [-0.3, -0.25) is 0 Å². The van der Waals surface area contributed by atoms with E-state index in [1.807, 2.05) is 0 Å². The van der Waals surface area contributed by atoms with E-state index in [1.165, 1.54) is 87.1 Å². The van der Waals surface area contributed by atoms with Crippen LogP contribution in [0.25, 0.3) is 92.8 Å². The summed E-state index contributed by atoms with van der Waals surface area (Å²) in [5.74, 6) is 0. The van der Waals surface area contributed by atoms with Crippen LogP contribution in [0.5, 0.6) is 0 Å². The molecule has 0 fully saturated rings. The van der Waals surface area contributed by atoms with Gasteiger partial charge in [0.25, 0.3) is 0 Å². The van der Waals surface area contributed by atoms with Crippen molar-refractivity contribution in [2.24, 2.45) is 0 Å². The largest absolute Gasteiger partial charge is 0.309 e. The molecule has 0 aliphatic carbocycles. The summed E-state index contributed by atoms with van der Waals surface area (Å²) in [6.45, 7) is 0. The second-order valence-electron chi connectivity index (χ2n) is 15.6. The van der Waals surface area contributed by atoms with Crippen LogP contribution in [0, 0.1) is 0 Å². The summed E-state index contributed by atoms with van der Waals surface area (Å²) in [4.78, 5) is 2.42. The number of benzene rings is 11. The number of anilines is 3. The van der Waals surface area contributed by atoms with Crippen molar-refractivity contribution in [3.8, 4) is 27.9 Å². The average Bonchev–Trinajstić information content (AvgIpc) is 3.65. The van der Waals surface area contributed by atoms with Gasteiger partial charge >= 0.3 is 0 Å². The molecule has 0 unspecified atom stereocenters. The standard InChI is InChI=1S/C58H38N2/c1-2-18-41(19-3-1)57-48-25-8-10-27-50(48)58(51-28-11-9-26-49(51)57)42-32-37-56-52(38-42)47-24-12-13-29-55(47)60(56)44-35-33-43(34-36-44)59(53-30-14-20-39-16-4-6-22-45(39)53)54-31-15-21-40-17-5-7-23-46(40)54/h1-38H. The molecule has 12 aromatic rings. The minimum Gasteiger partial charge on any atom is -0.309 e. The van der Waals surface area contributed by atoms with E-state index < -0.39 is 0 Å². The van der Waals surface area contributed by atoms with Crippen LogP contribution < -0.4 is 4.90 Å². The first-order chi connectivity index (χ1) is 29.8. The van der Waals surface area contributed by atoms with Gasteiger partial charge in [0, 0.05) is 32.9 Å². The first kappa shape index (κ1) is 34.1. The Morgan fingerprint density at radius 1 is 0.283 bits per heavy atom. The zero-order valence-electron chi connectivity index (χ0n) is 32.8. The third-order valence-corrected chi connectivity index (χ3v) is 12.3. The lowest BCUT2D eigenvalue weighted by atomic mass is 9.86. The molecule has 0 radical (unpaired) electrons. The summed E-state index contributed by atoms with van der Waals surface area (Å²) in [7, 11) is 0. The first-order valence-electron chi connectivity index (χ1n) is 20.7. The lowest BCUT2D eigenvalue weighted by molar-refractivity contribution is 1.17. The van der Waals surface area contributed by atoms with Gasteiger partial charge in [-0.05, 0) is 109 Å². The maximum atomic E-state index is 2.42. The van der Waals surface area contributed by atoms with Gasteiger partial charge in [0.05, 0.1) is 22.4 Å². The molecule has 2 nitrogen and oxygen atoms in total. The van der Waals surface area contributed by atoms with Gasteiger partial charge in [-0.1, -0.05) is 176 Å². The number of nitrogens with zero attached hydrogens (tertiary/aromatic N) is 2. The summed E-state index contributed by atoms with van der Waals surface area (Å²) >= 11 is 0. The van der Waals surface area contributed by atoms with E-state index >= 15 is 0 Å². The van der Waals surface area contributed by atoms with Crippen LogP contribution >= 0.6 is 0 Å². The van der Waals surface area contributed by atoms with Crippen LogP contribution in [0.3, 0.4) is 0 Å². The maximum absolute atomic E-state index is 2.42. The Kier molecular flexibility index (Phi) is 7.89. The fourth-order valence-electron chi connectivity index (χ4n) is 9.73. The minimum absolute atomic E-state index is 1.10. The number of rotatable bonds is 6. The minimum atomic E-state index is 1.10. The van der Waals surface area contributed by atoms with Crippen LogP contribution in [0.15, 0.2) is 231 Å². The molecule has 280 valence electrons. The summed E-state index contributed by atoms with van der Waals surface area (Å²) in [6, 6.07) is 84.2. The van der Waals surface area contributed by atoms with E-state index in [2.05, 4.69) is 240 Å². The number of para-hydroxylation sites is 1. The van der Waals surface area contributed by atoms with Gasteiger partial charge in [0.15, 0.2) is 0 Å². The molecule has 0 atom stereocenters. The number of hydrogen-bond donors (Lipinski definition) is 0. The molecule has 0 saturated carbocycles. The number of aromatic nitrogens is 1. The predicted molar refractivity (Wildman–Crippen MR) is 256 cm³/mol. The predicted octanol–water partition coefficient (Wildman–Crippen LogP) is 16.2. The second-order valence-corrected chi connectivity index (χ2v) is 15.6. The summed E-state index contributed by atoms with van der Waals surface area (Å²) in [5.41, 5.74) is 11.9. The second kappa shape index (κ2) is 13.9. The molecule has 60 heavy (non-hydrogen) atoms. The van der Waals surface area contributed by atoms with Crippen LogP contribution in [-0.4, -0.2) is 4.57 Å². The smallest absolute Gasteiger partial charge is 0.0541 e. The van der Waals surface area contributed by atoms with E-state index in [-0.39, 0.29) is 0 Å². The highest BCUT2D eigenvalue weighted by Crippen LogP contribution is 2.46. The zero-order valence-corrected chi connectivity index (χ0v) is 32.8. The highest BCUT2D eigenvalue weighted by molar-refractivity contribution is 6.22. The molecular formula is C58H38N2. The van der Waals surface area contributed by atoms with E-state index in [9.17, 15) is 0 Å². The zero-order chi connectivity index (χ0) is 39.6. The summed E-state index contributed by atoms with van der Waals surface area (Å²) in [6.07, 6.45) is 0. The lowest BCUT2D eigenvalue weighted by Crippen LogP contribution is -2.11. The lowest BCUT2D eigenvalue weighted by Gasteiger charge is -2.28. The maximum Gasteiger partial charge on any atom is 0.0541 e. The fourth-order valence-corrected chi connectivity index (χ4v) is 9.73. The SMILES string of the molecule is c1ccc(-c2c3ccccc3c(-c3ccc4c(c3)c3ccccc3n4-c3ccc(N(c4cccc5ccccc45)c4cccc5ccccc45)cc3)c3ccccc23)cc1. The topological polar surface area (TPSA) is 8.17 Å². The molecule has 12 rings (SSSR count). The van der Waals surface area contributed by atoms with Crippen molar-refractivity contribution in [3.05, 3.63) is 231 Å². The highest BCUT2D eigenvalue weighted by Gasteiger charge is 2.21. The van der Waals surface area contributed by atoms with Crippen molar-refractivity contribution in [3.63, 3.8) is 0 Å². The average molecular weight is 763 g/mol. The van der Waals surface area contributed by atoms with Crippen molar-refractivity contribution in [2.45, 2.75) is 0 Å². The van der Waals surface area contributed by atoms with Crippen LogP contribution in [0.2, 0.25) is 0 Å².